The maximum Gasteiger partial charge on any atom is 0.134 e. The van der Waals surface area contributed by atoms with Gasteiger partial charge in [0.25, 0.3) is 0 Å². The second-order valence-electron chi connectivity index (χ2n) is 4.87. The highest BCUT2D eigenvalue weighted by Crippen LogP contribution is 2.36. The first kappa shape index (κ1) is 13.0. The fourth-order valence-corrected chi connectivity index (χ4v) is 3.62. The van der Waals surface area contributed by atoms with E-state index in [9.17, 15) is 0 Å². The van der Waals surface area contributed by atoms with E-state index in [1.807, 2.05) is 11.3 Å². The van der Waals surface area contributed by atoms with E-state index in [1.165, 1.54) is 42.1 Å². The largest absolute Gasteiger partial charge is 0.308 e. The van der Waals surface area contributed by atoms with Crippen LogP contribution >= 0.6 is 11.3 Å². The topological polar surface area (TPSA) is 37.8 Å². The van der Waals surface area contributed by atoms with Crippen LogP contribution in [0.4, 0.5) is 0 Å². The van der Waals surface area contributed by atoms with Gasteiger partial charge in [-0.3, -0.25) is 0 Å². The minimum atomic E-state index is 0.405. The molecule has 1 aliphatic carbocycles. The molecule has 1 fully saturated rings. The highest BCUT2D eigenvalue weighted by Gasteiger charge is 2.22. The van der Waals surface area contributed by atoms with Gasteiger partial charge in [0.05, 0.1) is 6.04 Å². The maximum atomic E-state index is 4.40. The van der Waals surface area contributed by atoms with Crippen molar-refractivity contribution in [3.8, 4) is 0 Å². The summed E-state index contributed by atoms with van der Waals surface area (Å²) in [6.45, 7) is 5.48. The molecule has 1 atom stereocenters. The normalized spacial score (nSPS) is 18.7. The summed E-state index contributed by atoms with van der Waals surface area (Å²) < 4.78 is 0. The maximum absolute atomic E-state index is 4.40. The zero-order valence-electron chi connectivity index (χ0n) is 10.9. The number of rotatable bonds is 6. The van der Waals surface area contributed by atoms with E-state index in [2.05, 4.69) is 29.4 Å². The van der Waals surface area contributed by atoms with Crippen LogP contribution in [0.15, 0.2) is 0 Å². The highest BCUT2D eigenvalue weighted by atomic mass is 32.1. The molecule has 2 rings (SSSR count). The summed E-state index contributed by atoms with van der Waals surface area (Å²) in [5.74, 6) is 0.699. The highest BCUT2D eigenvalue weighted by molar-refractivity contribution is 7.11. The van der Waals surface area contributed by atoms with Crippen molar-refractivity contribution in [3.05, 3.63) is 10.0 Å². The molecule has 0 aliphatic heterocycles. The molecule has 1 saturated carbocycles. The molecule has 4 heteroatoms. The summed E-state index contributed by atoms with van der Waals surface area (Å²) in [4.78, 5) is 0. The van der Waals surface area contributed by atoms with Gasteiger partial charge in [-0.1, -0.05) is 38.0 Å². The van der Waals surface area contributed by atoms with Crippen LogP contribution in [0.2, 0.25) is 0 Å². The molecule has 0 spiro atoms. The second-order valence-corrected chi connectivity index (χ2v) is 5.92. The van der Waals surface area contributed by atoms with Crippen molar-refractivity contribution in [3.63, 3.8) is 0 Å². The molecule has 0 amide bonds. The van der Waals surface area contributed by atoms with Gasteiger partial charge in [-0.2, -0.15) is 0 Å². The van der Waals surface area contributed by atoms with Gasteiger partial charge in [0.2, 0.25) is 0 Å². The Morgan fingerprint density at radius 3 is 2.71 bits per heavy atom. The number of hydrogen-bond acceptors (Lipinski definition) is 4. The summed E-state index contributed by atoms with van der Waals surface area (Å²) in [5, 5.41) is 14.8. The van der Waals surface area contributed by atoms with E-state index in [0.29, 0.717) is 12.0 Å². The van der Waals surface area contributed by atoms with Crippen molar-refractivity contribution in [2.75, 3.05) is 6.54 Å². The van der Waals surface area contributed by atoms with E-state index in [0.717, 1.165) is 13.0 Å². The Balaban J connectivity index is 1.99. The summed E-state index contributed by atoms with van der Waals surface area (Å²) in [7, 11) is 0. The first-order valence-corrected chi connectivity index (χ1v) is 7.73. The molecular formula is C13H23N3S. The van der Waals surface area contributed by atoms with E-state index >= 15 is 0 Å². The zero-order chi connectivity index (χ0) is 12.1. The fourth-order valence-electron chi connectivity index (χ4n) is 2.45. The lowest BCUT2D eigenvalue weighted by Gasteiger charge is -2.12. The molecule has 0 bridgehead atoms. The van der Waals surface area contributed by atoms with Gasteiger partial charge in [0.15, 0.2) is 0 Å². The van der Waals surface area contributed by atoms with Crippen LogP contribution in [0.25, 0.3) is 0 Å². The van der Waals surface area contributed by atoms with Crippen LogP contribution < -0.4 is 5.32 Å². The zero-order valence-corrected chi connectivity index (χ0v) is 11.7. The average Bonchev–Trinajstić information content (AvgIpc) is 3.00. The third-order valence-corrected chi connectivity index (χ3v) is 4.71. The van der Waals surface area contributed by atoms with Gasteiger partial charge in [-0.05, 0) is 32.2 Å². The van der Waals surface area contributed by atoms with Crippen LogP contribution in [-0.4, -0.2) is 16.7 Å². The average molecular weight is 253 g/mol. The van der Waals surface area contributed by atoms with Crippen molar-refractivity contribution >= 4 is 11.3 Å². The van der Waals surface area contributed by atoms with Crippen molar-refractivity contribution in [2.24, 2.45) is 0 Å². The molecule has 96 valence electrons. The Morgan fingerprint density at radius 1 is 1.29 bits per heavy atom. The lowest BCUT2D eigenvalue weighted by atomic mass is 10.1. The SMILES string of the molecule is CCCNC(CC)c1nnc(C2CCCC2)s1. The molecule has 0 radical (unpaired) electrons. The van der Waals surface area contributed by atoms with Gasteiger partial charge in [0, 0.05) is 5.92 Å². The number of hydrogen-bond donors (Lipinski definition) is 1. The smallest absolute Gasteiger partial charge is 0.134 e. The molecule has 1 N–H and O–H groups in total. The monoisotopic (exact) mass is 253 g/mol. The number of nitrogens with one attached hydrogen (secondary N) is 1. The van der Waals surface area contributed by atoms with Crippen molar-refractivity contribution < 1.29 is 0 Å². The molecule has 1 unspecified atom stereocenters. The molecule has 1 aromatic heterocycles. The number of nitrogens with zero attached hydrogens (tertiary/aromatic N) is 2. The predicted octanol–water partition coefficient (Wildman–Crippen LogP) is 3.65. The summed E-state index contributed by atoms with van der Waals surface area (Å²) in [6.07, 6.45) is 7.63. The van der Waals surface area contributed by atoms with E-state index in [4.69, 9.17) is 0 Å². The second kappa shape index (κ2) is 6.45. The van der Waals surface area contributed by atoms with Crippen molar-refractivity contribution in [2.45, 2.75) is 64.3 Å². The summed E-state index contributed by atoms with van der Waals surface area (Å²) in [6, 6.07) is 0.405. The molecular weight excluding hydrogens is 230 g/mol. The Hall–Kier alpha value is -0.480. The molecule has 3 nitrogen and oxygen atoms in total. The Kier molecular flexibility index (Phi) is 4.92. The standard InChI is InChI=1S/C13H23N3S/c1-3-9-14-11(4-2)13-16-15-12(17-13)10-7-5-6-8-10/h10-11,14H,3-9H2,1-2H3. The quantitative estimate of drug-likeness (QED) is 0.841. The third-order valence-electron chi connectivity index (χ3n) is 3.51. The molecule has 17 heavy (non-hydrogen) atoms. The molecule has 0 saturated heterocycles. The first-order chi connectivity index (χ1) is 8.35. The first-order valence-electron chi connectivity index (χ1n) is 6.91. The van der Waals surface area contributed by atoms with Crippen LogP contribution in [0.1, 0.15) is 74.3 Å². The van der Waals surface area contributed by atoms with Crippen molar-refractivity contribution in [1.29, 1.82) is 0 Å². The minimum Gasteiger partial charge on any atom is -0.308 e. The van der Waals surface area contributed by atoms with Gasteiger partial charge in [0.1, 0.15) is 10.0 Å². The minimum absolute atomic E-state index is 0.405. The van der Waals surface area contributed by atoms with Gasteiger partial charge >= 0.3 is 0 Å². The lowest BCUT2D eigenvalue weighted by Crippen LogP contribution is -2.21. The molecule has 1 heterocycles. The van der Waals surface area contributed by atoms with Gasteiger partial charge < -0.3 is 5.32 Å². The van der Waals surface area contributed by atoms with E-state index < -0.39 is 0 Å². The van der Waals surface area contributed by atoms with Crippen LogP contribution in [0.5, 0.6) is 0 Å². The third kappa shape index (κ3) is 3.26. The Labute approximate surface area is 108 Å². The Bertz CT molecular complexity index is 331. The molecule has 1 aromatic rings. The number of aromatic nitrogens is 2. The molecule has 0 aromatic carbocycles. The molecule has 1 aliphatic rings. The van der Waals surface area contributed by atoms with Gasteiger partial charge in [-0.25, -0.2) is 0 Å². The van der Waals surface area contributed by atoms with Crippen LogP contribution in [0, 0.1) is 0 Å². The van der Waals surface area contributed by atoms with Crippen molar-refractivity contribution in [1.82, 2.24) is 15.5 Å². The van der Waals surface area contributed by atoms with E-state index in [-0.39, 0.29) is 0 Å². The summed E-state index contributed by atoms with van der Waals surface area (Å²) >= 11 is 1.83. The predicted molar refractivity (Wildman–Crippen MR) is 72.4 cm³/mol. The van der Waals surface area contributed by atoms with Crippen LogP contribution in [0.3, 0.4) is 0 Å². The lowest BCUT2D eigenvalue weighted by molar-refractivity contribution is 0.512. The van der Waals surface area contributed by atoms with Crippen LogP contribution in [-0.2, 0) is 0 Å². The van der Waals surface area contributed by atoms with E-state index in [1.54, 1.807) is 0 Å². The summed E-state index contributed by atoms with van der Waals surface area (Å²) in [5.41, 5.74) is 0. The Morgan fingerprint density at radius 2 is 2.06 bits per heavy atom. The fraction of sp³-hybridized carbons (Fsp3) is 0.846. The van der Waals surface area contributed by atoms with Gasteiger partial charge in [-0.15, -0.1) is 10.2 Å².